The first kappa shape index (κ1) is 51.7. The summed E-state index contributed by atoms with van der Waals surface area (Å²) in [5, 5.41) is 22.8. The molecule has 1 aromatic heterocycles. The number of aliphatic hydroxyl groups excluding tert-OH is 2. The lowest BCUT2D eigenvalue weighted by molar-refractivity contribution is 0.399. The molecule has 0 bridgehead atoms. The van der Waals surface area contributed by atoms with Gasteiger partial charge in [0.25, 0.3) is 0 Å². The Bertz CT molecular complexity index is 947. The second-order valence-corrected chi connectivity index (χ2v) is 6.62. The fourth-order valence-corrected chi connectivity index (χ4v) is 3.09. The molecular weight excluding hydrogens is 518 g/mol. The van der Waals surface area contributed by atoms with Crippen LogP contribution in [-0.4, -0.2) is 39.4 Å². The number of rotatable bonds is 1. The fraction of sp³-hybridized carbons (Fsp3) is 0.514. The minimum atomic E-state index is 1.00. The van der Waals surface area contributed by atoms with Gasteiger partial charge in [-0.2, -0.15) is 15.0 Å². The van der Waals surface area contributed by atoms with Crippen LogP contribution in [0.5, 0.6) is 0 Å². The Morgan fingerprint density at radius 3 is 0.833 bits per heavy atom. The Hall–Kier alpha value is -3.02. The van der Waals surface area contributed by atoms with Gasteiger partial charge in [-0.15, -0.1) is 0 Å². The van der Waals surface area contributed by atoms with E-state index in [0.29, 0.717) is 0 Å². The normalized spacial score (nSPS) is 7.64. The second kappa shape index (κ2) is 40.1. The number of nitrogens with zero attached hydrogens (tertiary/aromatic N) is 3. The summed E-state index contributed by atoms with van der Waals surface area (Å²) in [4.78, 5) is 1.64. The molecule has 0 unspecified atom stereocenters. The molecule has 0 aliphatic carbocycles. The van der Waals surface area contributed by atoms with E-state index < -0.39 is 0 Å². The first-order valence-corrected chi connectivity index (χ1v) is 15.8. The van der Waals surface area contributed by atoms with Crippen LogP contribution in [0, 0.1) is 27.7 Å². The van der Waals surface area contributed by atoms with E-state index in [-0.39, 0.29) is 0 Å². The fourth-order valence-electron chi connectivity index (χ4n) is 3.09. The van der Waals surface area contributed by atoms with Gasteiger partial charge >= 0.3 is 0 Å². The quantitative estimate of drug-likeness (QED) is 0.232. The highest BCUT2D eigenvalue weighted by atomic mass is 16.2. The molecule has 0 aliphatic rings. The molecule has 0 aliphatic heterocycles. The van der Waals surface area contributed by atoms with Crippen LogP contribution in [0.25, 0.3) is 22.2 Å². The zero-order valence-corrected chi connectivity index (χ0v) is 31.0. The summed E-state index contributed by atoms with van der Waals surface area (Å²) in [6.07, 6.45) is 0. The third kappa shape index (κ3) is 20.0. The molecule has 2 N–H and O–H groups in total. The van der Waals surface area contributed by atoms with E-state index in [4.69, 9.17) is 10.2 Å². The largest absolute Gasteiger partial charge is 0.400 e. The average Bonchev–Trinajstić information content (AvgIpc) is 3.53. The van der Waals surface area contributed by atoms with E-state index in [0.717, 1.165) is 25.3 Å². The predicted octanol–water partition coefficient (Wildman–Crippen LogP) is 10.9. The number of aliphatic hydroxyl groups is 2. The van der Waals surface area contributed by atoms with Crippen molar-refractivity contribution in [3.05, 3.63) is 82.9 Å². The number of aromatic nitrogens is 3. The minimum Gasteiger partial charge on any atom is -0.400 e. The molecule has 5 nitrogen and oxygen atoms in total. The van der Waals surface area contributed by atoms with Crippen LogP contribution in [0.15, 0.2) is 60.7 Å². The molecule has 0 radical (unpaired) electrons. The molecule has 0 saturated carbocycles. The van der Waals surface area contributed by atoms with Gasteiger partial charge in [-0.25, -0.2) is 0 Å². The van der Waals surface area contributed by atoms with E-state index >= 15 is 0 Å². The topological polar surface area (TPSA) is 71.2 Å². The van der Waals surface area contributed by atoms with Crippen LogP contribution < -0.4 is 0 Å². The second-order valence-electron chi connectivity index (χ2n) is 6.62. The van der Waals surface area contributed by atoms with Crippen molar-refractivity contribution in [3.63, 3.8) is 0 Å². The lowest BCUT2D eigenvalue weighted by Gasteiger charge is -2.07. The number of aryl methyl sites for hydroxylation is 3. The Balaban J connectivity index is -0.000000105. The lowest BCUT2D eigenvalue weighted by atomic mass is 9.98. The Labute approximate surface area is 262 Å². The van der Waals surface area contributed by atoms with Crippen molar-refractivity contribution in [3.8, 4) is 11.1 Å². The maximum Gasteiger partial charge on any atom is 0.116 e. The molecule has 0 atom stereocenters. The first-order valence-electron chi connectivity index (χ1n) is 15.8. The molecule has 5 heteroatoms. The van der Waals surface area contributed by atoms with E-state index in [2.05, 4.69) is 86.4 Å². The van der Waals surface area contributed by atoms with Crippen molar-refractivity contribution in [1.82, 2.24) is 15.0 Å². The molecule has 0 saturated heterocycles. The zero-order valence-electron chi connectivity index (χ0n) is 31.0. The van der Waals surface area contributed by atoms with Crippen molar-refractivity contribution in [2.24, 2.45) is 7.05 Å². The van der Waals surface area contributed by atoms with Crippen LogP contribution >= 0.6 is 0 Å². The number of hydrogen-bond donors (Lipinski definition) is 2. The molecular formula is C37H69N3O2. The standard InChI is InChI=1S/C12H10.C11H15N3.6C2H6.2CH4O/c1-3-7-11(8-4-1)12-9-5-2-6-10-12;1-6-7(2)9(4)11-10(8(6)3)12-14(5)13-11;8*1-2/h1-10H;1-5H3;6*1-2H3;2*2H,1H3. The third-order valence-electron chi connectivity index (χ3n) is 4.99. The zero-order chi connectivity index (χ0) is 34.7. The molecule has 1 heterocycles. The molecule has 0 spiro atoms. The number of benzene rings is 3. The van der Waals surface area contributed by atoms with Crippen molar-refractivity contribution in [2.75, 3.05) is 14.2 Å². The van der Waals surface area contributed by atoms with Gasteiger partial charge in [0.15, 0.2) is 0 Å². The van der Waals surface area contributed by atoms with Crippen molar-refractivity contribution >= 4 is 11.0 Å². The van der Waals surface area contributed by atoms with Gasteiger partial charge in [0.1, 0.15) is 11.0 Å². The van der Waals surface area contributed by atoms with Gasteiger partial charge in [0.2, 0.25) is 0 Å². The highest BCUT2D eigenvalue weighted by Crippen LogP contribution is 2.25. The van der Waals surface area contributed by atoms with Gasteiger partial charge in [-0.3, -0.25) is 0 Å². The summed E-state index contributed by atoms with van der Waals surface area (Å²) in [6, 6.07) is 20.8. The maximum absolute atomic E-state index is 7.00. The molecule has 42 heavy (non-hydrogen) atoms. The third-order valence-corrected chi connectivity index (χ3v) is 4.99. The van der Waals surface area contributed by atoms with Crippen LogP contribution in [-0.2, 0) is 7.05 Å². The van der Waals surface area contributed by atoms with E-state index in [1.165, 1.54) is 33.4 Å². The summed E-state index contributed by atoms with van der Waals surface area (Å²) >= 11 is 0. The summed E-state index contributed by atoms with van der Waals surface area (Å²) < 4.78 is 0. The molecule has 4 rings (SSSR count). The van der Waals surface area contributed by atoms with Crippen LogP contribution in [0.2, 0.25) is 0 Å². The average molecular weight is 588 g/mol. The highest BCUT2D eigenvalue weighted by molar-refractivity contribution is 5.83. The van der Waals surface area contributed by atoms with Gasteiger partial charge in [-0.05, 0) is 61.1 Å². The van der Waals surface area contributed by atoms with Gasteiger partial charge in [0, 0.05) is 21.3 Å². The van der Waals surface area contributed by atoms with E-state index in [1.807, 2.05) is 102 Å². The Morgan fingerprint density at radius 1 is 0.405 bits per heavy atom. The van der Waals surface area contributed by atoms with Crippen LogP contribution in [0.1, 0.15) is 105 Å². The summed E-state index contributed by atoms with van der Waals surface area (Å²) in [5.74, 6) is 0. The maximum atomic E-state index is 7.00. The highest BCUT2D eigenvalue weighted by Gasteiger charge is 2.12. The van der Waals surface area contributed by atoms with E-state index in [9.17, 15) is 0 Å². The molecule has 3 aromatic carbocycles. The summed E-state index contributed by atoms with van der Waals surface area (Å²) in [6.45, 7) is 32.5. The SMILES string of the molecule is CC.CC.CC.CC.CC.CC.CO.CO.Cc1c(C)c(C)c2nn(C)nc2c1C.c1ccc(-c2ccccc2)cc1. The molecule has 0 fully saturated rings. The molecule has 244 valence electrons. The molecule has 4 aromatic rings. The molecule has 0 amide bonds. The lowest BCUT2D eigenvalue weighted by Crippen LogP contribution is -1.92. The van der Waals surface area contributed by atoms with Crippen molar-refractivity contribution < 1.29 is 10.2 Å². The van der Waals surface area contributed by atoms with Gasteiger partial charge in [0.05, 0.1) is 0 Å². The smallest absolute Gasteiger partial charge is 0.116 e. The minimum absolute atomic E-state index is 1.00. The van der Waals surface area contributed by atoms with Crippen molar-refractivity contribution in [2.45, 2.75) is 111 Å². The van der Waals surface area contributed by atoms with Gasteiger partial charge in [-0.1, -0.05) is 144 Å². The summed E-state index contributed by atoms with van der Waals surface area (Å²) in [7, 11) is 3.86. The number of fused-ring (bicyclic) bond motifs is 1. The summed E-state index contributed by atoms with van der Waals surface area (Å²) in [5.41, 5.74) is 9.77. The Kier molecular flexibility index (Phi) is 49.4. The van der Waals surface area contributed by atoms with Crippen LogP contribution in [0.4, 0.5) is 0 Å². The number of hydrogen-bond acceptors (Lipinski definition) is 4. The predicted molar refractivity (Wildman–Crippen MR) is 194 cm³/mol. The first-order chi connectivity index (χ1) is 20.5. The van der Waals surface area contributed by atoms with E-state index in [1.54, 1.807) is 4.80 Å². The van der Waals surface area contributed by atoms with Gasteiger partial charge < -0.3 is 10.2 Å². The monoisotopic (exact) mass is 588 g/mol. The van der Waals surface area contributed by atoms with Crippen molar-refractivity contribution in [1.29, 1.82) is 0 Å². The Morgan fingerprint density at radius 2 is 0.619 bits per heavy atom. The van der Waals surface area contributed by atoms with Crippen LogP contribution in [0.3, 0.4) is 0 Å².